The number of carbonyl (C=O) groups is 1. The summed E-state index contributed by atoms with van der Waals surface area (Å²) in [6, 6.07) is 14.8. The molecule has 0 heterocycles. The summed E-state index contributed by atoms with van der Waals surface area (Å²) in [6.45, 7) is 2.06. The van der Waals surface area contributed by atoms with Crippen LogP contribution in [0.1, 0.15) is 44.2 Å². The summed E-state index contributed by atoms with van der Waals surface area (Å²) in [4.78, 5) is 12.1. The van der Waals surface area contributed by atoms with E-state index in [9.17, 15) is 4.79 Å². The van der Waals surface area contributed by atoms with Crippen LogP contribution in [0, 0.1) is 0 Å². The van der Waals surface area contributed by atoms with Crippen molar-refractivity contribution in [1.29, 1.82) is 0 Å². The van der Waals surface area contributed by atoms with Crippen LogP contribution in [-0.4, -0.2) is 16.9 Å². The van der Waals surface area contributed by atoms with Crippen molar-refractivity contribution in [3.8, 4) is 0 Å². The second-order valence-corrected chi connectivity index (χ2v) is 7.40. The molecule has 1 atom stereocenters. The number of fused-ring (bicyclic) bond motifs is 1. The Bertz CT molecular complexity index is 649. The van der Waals surface area contributed by atoms with E-state index in [4.69, 9.17) is 0 Å². The average Bonchev–Trinajstić information content (AvgIpc) is 3.06. The fourth-order valence-electron chi connectivity index (χ4n) is 3.09. The predicted molar refractivity (Wildman–Crippen MR) is 95.2 cm³/mol. The zero-order chi connectivity index (χ0) is 15.4. The molecule has 1 aliphatic rings. The lowest BCUT2D eigenvalue weighted by atomic mass is 10.0. The molecule has 1 saturated carbocycles. The van der Waals surface area contributed by atoms with Crippen LogP contribution in [0.25, 0.3) is 10.8 Å². The third-order valence-corrected chi connectivity index (χ3v) is 5.78. The minimum absolute atomic E-state index is 0.0567. The highest BCUT2D eigenvalue weighted by atomic mass is 32.2. The van der Waals surface area contributed by atoms with E-state index in [1.807, 2.05) is 23.9 Å². The van der Waals surface area contributed by atoms with E-state index in [0.29, 0.717) is 11.0 Å². The van der Waals surface area contributed by atoms with Crippen molar-refractivity contribution >= 4 is 28.4 Å². The minimum Gasteiger partial charge on any atom is -0.349 e. The van der Waals surface area contributed by atoms with Gasteiger partial charge in [0.1, 0.15) is 0 Å². The standard InChI is InChI=1S/C19H23NOS/c1-14(20-19(21)13-22-18-8-4-5-9-18)16-11-10-15-6-2-3-7-17(15)12-16/h2-3,6-7,10-12,14,18H,4-5,8-9,13H2,1H3,(H,20,21)/t14-/m0/s1. The highest BCUT2D eigenvalue weighted by Gasteiger charge is 2.17. The van der Waals surface area contributed by atoms with Crippen LogP contribution in [0.15, 0.2) is 42.5 Å². The summed E-state index contributed by atoms with van der Waals surface area (Å²) in [6.07, 6.45) is 5.20. The lowest BCUT2D eigenvalue weighted by Gasteiger charge is -2.16. The first-order valence-electron chi connectivity index (χ1n) is 8.12. The zero-order valence-electron chi connectivity index (χ0n) is 13.0. The molecule has 0 unspecified atom stereocenters. The van der Waals surface area contributed by atoms with Crippen molar-refractivity contribution in [3.63, 3.8) is 0 Å². The molecule has 116 valence electrons. The number of carbonyl (C=O) groups excluding carboxylic acids is 1. The second kappa shape index (κ2) is 7.19. The lowest BCUT2D eigenvalue weighted by Crippen LogP contribution is -2.28. The van der Waals surface area contributed by atoms with Gasteiger partial charge in [0.05, 0.1) is 11.8 Å². The van der Waals surface area contributed by atoms with E-state index in [1.165, 1.54) is 36.5 Å². The Hall–Kier alpha value is -1.48. The number of nitrogens with one attached hydrogen (secondary N) is 1. The topological polar surface area (TPSA) is 29.1 Å². The van der Waals surface area contributed by atoms with Crippen molar-refractivity contribution in [2.24, 2.45) is 0 Å². The van der Waals surface area contributed by atoms with Gasteiger partial charge >= 0.3 is 0 Å². The fraction of sp³-hybridized carbons (Fsp3) is 0.421. The first kappa shape index (κ1) is 15.4. The maximum Gasteiger partial charge on any atom is 0.230 e. The lowest BCUT2D eigenvalue weighted by molar-refractivity contribution is -0.119. The van der Waals surface area contributed by atoms with Gasteiger partial charge < -0.3 is 5.32 Å². The number of hydrogen-bond donors (Lipinski definition) is 1. The van der Waals surface area contributed by atoms with Crippen molar-refractivity contribution in [2.75, 3.05) is 5.75 Å². The highest BCUT2D eigenvalue weighted by molar-refractivity contribution is 8.00. The summed E-state index contributed by atoms with van der Waals surface area (Å²) in [5.74, 6) is 0.736. The third-order valence-electron chi connectivity index (χ3n) is 4.40. The van der Waals surface area contributed by atoms with E-state index in [1.54, 1.807) is 0 Å². The summed E-state index contributed by atoms with van der Waals surface area (Å²) < 4.78 is 0. The van der Waals surface area contributed by atoms with Crippen LogP contribution < -0.4 is 5.32 Å². The number of amides is 1. The first-order valence-corrected chi connectivity index (χ1v) is 9.17. The summed E-state index contributed by atoms with van der Waals surface area (Å²) in [5, 5.41) is 6.28. The molecule has 0 radical (unpaired) electrons. The maximum absolute atomic E-state index is 12.1. The molecule has 2 nitrogen and oxygen atoms in total. The molecule has 0 saturated heterocycles. The zero-order valence-corrected chi connectivity index (χ0v) is 13.9. The predicted octanol–water partition coefficient (Wildman–Crippen LogP) is 4.69. The van der Waals surface area contributed by atoms with E-state index in [-0.39, 0.29) is 11.9 Å². The largest absolute Gasteiger partial charge is 0.349 e. The molecular weight excluding hydrogens is 290 g/mol. The average molecular weight is 313 g/mol. The summed E-state index contributed by atoms with van der Waals surface area (Å²) in [5.41, 5.74) is 1.16. The van der Waals surface area contributed by atoms with Crippen molar-refractivity contribution in [3.05, 3.63) is 48.0 Å². The Morgan fingerprint density at radius 1 is 1.18 bits per heavy atom. The number of hydrogen-bond acceptors (Lipinski definition) is 2. The summed E-state index contributed by atoms with van der Waals surface area (Å²) in [7, 11) is 0. The van der Waals surface area contributed by atoms with E-state index < -0.39 is 0 Å². The molecule has 2 aromatic rings. The Morgan fingerprint density at radius 3 is 2.68 bits per heavy atom. The molecule has 0 bridgehead atoms. The Balaban J connectivity index is 1.57. The second-order valence-electron chi connectivity index (χ2n) is 6.11. The number of thioether (sulfide) groups is 1. The van der Waals surface area contributed by atoms with E-state index >= 15 is 0 Å². The van der Waals surface area contributed by atoms with Crippen LogP contribution in [-0.2, 0) is 4.79 Å². The Morgan fingerprint density at radius 2 is 1.91 bits per heavy atom. The minimum atomic E-state index is 0.0567. The van der Waals surface area contributed by atoms with Crippen LogP contribution >= 0.6 is 11.8 Å². The molecule has 1 N–H and O–H groups in total. The normalized spacial score (nSPS) is 16.8. The van der Waals surface area contributed by atoms with Crippen LogP contribution in [0.2, 0.25) is 0 Å². The molecule has 22 heavy (non-hydrogen) atoms. The fourth-order valence-corrected chi connectivity index (χ4v) is 4.23. The quantitative estimate of drug-likeness (QED) is 0.867. The highest BCUT2D eigenvalue weighted by Crippen LogP contribution is 2.29. The molecule has 0 aliphatic heterocycles. The molecule has 1 amide bonds. The Labute approximate surface area is 136 Å². The van der Waals surface area contributed by atoms with Gasteiger partial charge in [0.2, 0.25) is 5.91 Å². The van der Waals surface area contributed by atoms with Crippen LogP contribution in [0.3, 0.4) is 0 Å². The van der Waals surface area contributed by atoms with Gasteiger partial charge in [-0.3, -0.25) is 4.79 Å². The molecule has 1 aliphatic carbocycles. The monoisotopic (exact) mass is 313 g/mol. The van der Waals surface area contributed by atoms with Crippen LogP contribution in [0.5, 0.6) is 0 Å². The Kier molecular flexibility index (Phi) is 5.04. The smallest absolute Gasteiger partial charge is 0.230 e. The van der Waals surface area contributed by atoms with Gasteiger partial charge in [-0.15, -0.1) is 11.8 Å². The molecule has 1 fully saturated rings. The first-order chi connectivity index (χ1) is 10.7. The van der Waals surface area contributed by atoms with Gasteiger partial charge in [-0.05, 0) is 42.2 Å². The SMILES string of the molecule is C[C@H](NC(=O)CSC1CCCC1)c1ccc2ccccc2c1. The number of benzene rings is 2. The van der Waals surface area contributed by atoms with Gasteiger partial charge in [0, 0.05) is 5.25 Å². The van der Waals surface area contributed by atoms with E-state index in [0.717, 1.165) is 5.56 Å². The van der Waals surface area contributed by atoms with Gasteiger partial charge in [0.25, 0.3) is 0 Å². The van der Waals surface area contributed by atoms with E-state index in [2.05, 4.69) is 42.6 Å². The molecule has 3 heteroatoms. The molecule has 0 aromatic heterocycles. The van der Waals surface area contributed by atoms with Crippen molar-refractivity contribution in [2.45, 2.75) is 43.9 Å². The number of rotatable bonds is 5. The van der Waals surface area contributed by atoms with Gasteiger partial charge in [-0.1, -0.05) is 49.2 Å². The van der Waals surface area contributed by atoms with Crippen molar-refractivity contribution < 1.29 is 4.79 Å². The van der Waals surface area contributed by atoms with Gasteiger partial charge in [-0.25, -0.2) is 0 Å². The third kappa shape index (κ3) is 3.83. The van der Waals surface area contributed by atoms with Gasteiger partial charge in [0.15, 0.2) is 0 Å². The molecule has 0 spiro atoms. The van der Waals surface area contributed by atoms with Crippen LogP contribution in [0.4, 0.5) is 0 Å². The van der Waals surface area contributed by atoms with Gasteiger partial charge in [-0.2, -0.15) is 0 Å². The molecule has 3 rings (SSSR count). The van der Waals surface area contributed by atoms with Crippen molar-refractivity contribution in [1.82, 2.24) is 5.32 Å². The summed E-state index contributed by atoms with van der Waals surface area (Å²) >= 11 is 1.82. The molecule has 2 aromatic carbocycles. The molecular formula is C19H23NOS. The maximum atomic E-state index is 12.1.